The predicted molar refractivity (Wildman–Crippen MR) is 108 cm³/mol. The third-order valence-electron chi connectivity index (χ3n) is 4.40. The SMILES string of the molecule is FC(F)(F)c1ccccc1NC(=S)NN=C1c2ccccc2-c2ccccc21. The zero-order chi connectivity index (χ0) is 19.7. The van der Waals surface area contributed by atoms with Crippen molar-refractivity contribution in [2.45, 2.75) is 6.18 Å². The van der Waals surface area contributed by atoms with Crippen LogP contribution in [0.5, 0.6) is 0 Å². The third-order valence-corrected chi connectivity index (χ3v) is 4.60. The van der Waals surface area contributed by atoms with E-state index in [1.165, 1.54) is 18.2 Å². The molecular weight excluding hydrogens is 383 g/mol. The lowest BCUT2D eigenvalue weighted by atomic mass is 10.1. The van der Waals surface area contributed by atoms with Crippen LogP contribution in [0.4, 0.5) is 18.9 Å². The number of rotatable bonds is 2. The Kier molecular flexibility index (Phi) is 4.60. The highest BCUT2D eigenvalue weighted by molar-refractivity contribution is 7.80. The number of thiocarbonyl (C=S) groups is 1. The number of para-hydroxylation sites is 1. The van der Waals surface area contributed by atoms with Gasteiger partial charge in [0.15, 0.2) is 5.11 Å². The van der Waals surface area contributed by atoms with Gasteiger partial charge in [-0.1, -0.05) is 60.7 Å². The third kappa shape index (κ3) is 3.36. The molecule has 0 aliphatic heterocycles. The average molecular weight is 397 g/mol. The smallest absolute Gasteiger partial charge is 0.331 e. The van der Waals surface area contributed by atoms with Crippen molar-refractivity contribution < 1.29 is 13.2 Å². The Morgan fingerprint density at radius 1 is 0.750 bits per heavy atom. The number of hydrazone groups is 1. The Morgan fingerprint density at radius 2 is 1.25 bits per heavy atom. The topological polar surface area (TPSA) is 36.4 Å². The van der Waals surface area contributed by atoms with Gasteiger partial charge >= 0.3 is 6.18 Å². The molecule has 0 fully saturated rings. The van der Waals surface area contributed by atoms with Crippen molar-refractivity contribution in [3.8, 4) is 11.1 Å². The van der Waals surface area contributed by atoms with E-state index in [0.29, 0.717) is 5.71 Å². The molecular formula is C21H14F3N3S. The first-order chi connectivity index (χ1) is 13.4. The van der Waals surface area contributed by atoms with Gasteiger partial charge in [-0.05, 0) is 35.5 Å². The highest BCUT2D eigenvalue weighted by Crippen LogP contribution is 2.36. The second-order valence-electron chi connectivity index (χ2n) is 6.16. The molecule has 0 spiro atoms. The van der Waals surface area contributed by atoms with Gasteiger partial charge in [0, 0.05) is 11.1 Å². The standard InChI is InChI=1S/C21H14F3N3S/c22-21(23,24)17-11-5-6-12-18(17)25-20(28)27-26-19-15-9-3-1-7-13(15)14-8-2-4-10-16(14)19/h1-12H,(H2,25,27,28). The summed E-state index contributed by atoms with van der Waals surface area (Å²) < 4.78 is 39.4. The van der Waals surface area contributed by atoms with Crippen LogP contribution < -0.4 is 10.7 Å². The molecule has 28 heavy (non-hydrogen) atoms. The van der Waals surface area contributed by atoms with Crippen LogP contribution in [0.2, 0.25) is 0 Å². The van der Waals surface area contributed by atoms with Crippen molar-refractivity contribution in [3.63, 3.8) is 0 Å². The second kappa shape index (κ2) is 7.09. The molecule has 0 aromatic heterocycles. The van der Waals surface area contributed by atoms with Crippen LogP contribution >= 0.6 is 12.2 Å². The fourth-order valence-corrected chi connectivity index (χ4v) is 3.37. The molecule has 2 N–H and O–H groups in total. The number of anilines is 1. The molecule has 0 unspecified atom stereocenters. The molecule has 0 atom stereocenters. The summed E-state index contributed by atoms with van der Waals surface area (Å²) in [6.07, 6.45) is -4.48. The quantitative estimate of drug-likeness (QED) is 0.350. The highest BCUT2D eigenvalue weighted by Gasteiger charge is 2.33. The Balaban J connectivity index is 1.60. The van der Waals surface area contributed by atoms with Crippen molar-refractivity contribution in [1.82, 2.24) is 5.43 Å². The van der Waals surface area contributed by atoms with Gasteiger partial charge in [0.2, 0.25) is 0 Å². The van der Waals surface area contributed by atoms with Gasteiger partial charge in [0.05, 0.1) is 17.0 Å². The molecule has 0 amide bonds. The summed E-state index contributed by atoms with van der Waals surface area (Å²) in [5.41, 5.74) is 6.44. The van der Waals surface area contributed by atoms with Crippen LogP contribution in [0.1, 0.15) is 16.7 Å². The van der Waals surface area contributed by atoms with Gasteiger partial charge in [0.1, 0.15) is 0 Å². The van der Waals surface area contributed by atoms with Gasteiger partial charge in [-0.15, -0.1) is 0 Å². The van der Waals surface area contributed by atoms with Crippen LogP contribution in [0.3, 0.4) is 0 Å². The van der Waals surface area contributed by atoms with Gasteiger partial charge in [0.25, 0.3) is 0 Å². The molecule has 4 rings (SSSR count). The van der Waals surface area contributed by atoms with Gasteiger partial charge in [-0.2, -0.15) is 18.3 Å². The first-order valence-corrected chi connectivity index (χ1v) is 8.86. The number of benzene rings is 3. The molecule has 3 nitrogen and oxygen atoms in total. The minimum absolute atomic E-state index is 0.0222. The van der Waals surface area contributed by atoms with Gasteiger partial charge in [-0.25, -0.2) is 0 Å². The summed E-state index contributed by atoms with van der Waals surface area (Å²) in [5, 5.41) is 6.94. The monoisotopic (exact) mass is 397 g/mol. The Hall–Kier alpha value is -3.19. The Bertz CT molecular complexity index is 1040. The first-order valence-electron chi connectivity index (χ1n) is 8.45. The number of hydrogen-bond donors (Lipinski definition) is 2. The molecule has 0 bridgehead atoms. The minimum Gasteiger partial charge on any atom is -0.331 e. The number of hydrogen-bond acceptors (Lipinski definition) is 2. The fourth-order valence-electron chi connectivity index (χ4n) is 3.21. The zero-order valence-corrected chi connectivity index (χ0v) is 15.2. The van der Waals surface area contributed by atoms with E-state index < -0.39 is 11.7 Å². The van der Waals surface area contributed by atoms with Crippen LogP contribution in [-0.2, 0) is 6.18 Å². The lowest BCUT2D eigenvalue weighted by molar-refractivity contribution is -0.136. The van der Waals surface area contributed by atoms with Crippen molar-refractivity contribution >= 4 is 28.7 Å². The van der Waals surface area contributed by atoms with Crippen LogP contribution in [-0.4, -0.2) is 10.8 Å². The van der Waals surface area contributed by atoms with E-state index >= 15 is 0 Å². The summed E-state index contributed by atoms with van der Waals surface area (Å²) in [5.74, 6) is 0. The summed E-state index contributed by atoms with van der Waals surface area (Å²) in [6, 6.07) is 20.8. The zero-order valence-electron chi connectivity index (χ0n) is 14.4. The summed E-state index contributed by atoms with van der Waals surface area (Å²) >= 11 is 5.15. The van der Waals surface area contributed by atoms with Crippen molar-refractivity contribution in [2.24, 2.45) is 5.10 Å². The van der Waals surface area contributed by atoms with Gasteiger partial charge < -0.3 is 5.32 Å². The summed E-state index contributed by atoms with van der Waals surface area (Å²) in [7, 11) is 0. The molecule has 3 aromatic rings. The van der Waals surface area contributed by atoms with Crippen LogP contribution in [0.25, 0.3) is 11.1 Å². The largest absolute Gasteiger partial charge is 0.418 e. The molecule has 0 saturated carbocycles. The van der Waals surface area contributed by atoms with E-state index in [-0.39, 0.29) is 10.8 Å². The molecule has 1 aliphatic carbocycles. The summed E-state index contributed by atoms with van der Waals surface area (Å²) in [6.45, 7) is 0. The van der Waals surface area contributed by atoms with E-state index in [0.717, 1.165) is 28.3 Å². The maximum atomic E-state index is 13.1. The van der Waals surface area contributed by atoms with Crippen LogP contribution in [0, 0.1) is 0 Å². The lowest BCUT2D eigenvalue weighted by Gasteiger charge is -2.14. The lowest BCUT2D eigenvalue weighted by Crippen LogP contribution is -2.26. The average Bonchev–Trinajstić information content (AvgIpc) is 3.00. The molecule has 0 saturated heterocycles. The molecule has 7 heteroatoms. The van der Waals surface area contributed by atoms with Crippen molar-refractivity contribution in [1.29, 1.82) is 0 Å². The van der Waals surface area contributed by atoms with Gasteiger partial charge in [-0.3, -0.25) is 5.43 Å². The van der Waals surface area contributed by atoms with Crippen molar-refractivity contribution in [3.05, 3.63) is 89.5 Å². The normalized spacial score (nSPS) is 12.2. The van der Waals surface area contributed by atoms with Crippen LogP contribution in [0.15, 0.2) is 77.9 Å². The maximum absolute atomic E-state index is 13.1. The van der Waals surface area contributed by atoms with E-state index in [4.69, 9.17) is 12.2 Å². The molecule has 1 aliphatic rings. The van der Waals surface area contributed by atoms with E-state index in [1.54, 1.807) is 0 Å². The minimum atomic E-state index is -4.48. The first kappa shape index (κ1) is 18.2. The number of nitrogens with one attached hydrogen (secondary N) is 2. The number of fused-ring (bicyclic) bond motifs is 3. The maximum Gasteiger partial charge on any atom is 0.418 e. The fraction of sp³-hybridized carbons (Fsp3) is 0.0476. The highest BCUT2D eigenvalue weighted by atomic mass is 32.1. The van der Waals surface area contributed by atoms with E-state index in [9.17, 15) is 13.2 Å². The summed E-state index contributed by atoms with van der Waals surface area (Å²) in [4.78, 5) is 0. The Labute approximate surface area is 164 Å². The van der Waals surface area contributed by atoms with Crippen molar-refractivity contribution in [2.75, 3.05) is 5.32 Å². The van der Waals surface area contributed by atoms with E-state index in [2.05, 4.69) is 15.8 Å². The Morgan fingerprint density at radius 3 is 1.82 bits per heavy atom. The number of alkyl halides is 3. The number of halogens is 3. The molecule has 0 radical (unpaired) electrons. The number of nitrogens with zero attached hydrogens (tertiary/aromatic N) is 1. The second-order valence-corrected chi connectivity index (χ2v) is 6.57. The van der Waals surface area contributed by atoms with E-state index in [1.807, 2.05) is 48.5 Å². The predicted octanol–water partition coefficient (Wildman–Crippen LogP) is 5.42. The molecule has 0 heterocycles. The molecule has 140 valence electrons. The molecule has 3 aromatic carbocycles.